The standard InChI is InChI=1S/C14H16N2O5/c17-9-3-1-8(2-4-9)7-11(14(20)21)16-13(19)10-5-6-12(18)15-10/h1-4,10-11,17H,5-7H2,(H,15,18)(H,16,19)(H,20,21)/t10-,11+/m0/s1. The van der Waals surface area contributed by atoms with Crippen molar-refractivity contribution in [1.82, 2.24) is 10.6 Å². The smallest absolute Gasteiger partial charge is 0.326 e. The summed E-state index contributed by atoms with van der Waals surface area (Å²) in [7, 11) is 0. The summed E-state index contributed by atoms with van der Waals surface area (Å²) >= 11 is 0. The first kappa shape index (κ1) is 14.8. The molecule has 4 N–H and O–H groups in total. The summed E-state index contributed by atoms with van der Waals surface area (Å²) < 4.78 is 0. The molecule has 2 amide bonds. The first-order chi connectivity index (χ1) is 9.95. The summed E-state index contributed by atoms with van der Waals surface area (Å²) in [6, 6.07) is 4.34. The molecule has 0 bridgehead atoms. The summed E-state index contributed by atoms with van der Waals surface area (Å²) in [5, 5.41) is 23.3. The van der Waals surface area contributed by atoms with Crippen molar-refractivity contribution in [2.45, 2.75) is 31.3 Å². The summed E-state index contributed by atoms with van der Waals surface area (Å²) in [5.41, 5.74) is 0.677. The molecule has 1 aromatic rings. The molecular formula is C14H16N2O5. The van der Waals surface area contributed by atoms with Gasteiger partial charge in [0.2, 0.25) is 11.8 Å². The second-order valence-electron chi connectivity index (χ2n) is 4.93. The van der Waals surface area contributed by atoms with Crippen molar-refractivity contribution in [3.8, 4) is 5.75 Å². The van der Waals surface area contributed by atoms with Gasteiger partial charge in [0.15, 0.2) is 0 Å². The Labute approximate surface area is 121 Å². The van der Waals surface area contributed by atoms with Crippen molar-refractivity contribution in [3.05, 3.63) is 29.8 Å². The molecule has 1 fully saturated rings. The number of amides is 2. The lowest BCUT2D eigenvalue weighted by Crippen LogP contribution is -2.49. The van der Waals surface area contributed by atoms with E-state index in [1.807, 2.05) is 0 Å². The van der Waals surface area contributed by atoms with Crippen LogP contribution in [0.5, 0.6) is 5.75 Å². The summed E-state index contributed by atoms with van der Waals surface area (Å²) in [6.07, 6.45) is 0.742. The van der Waals surface area contributed by atoms with E-state index in [1.54, 1.807) is 12.1 Å². The number of hydrogen-bond acceptors (Lipinski definition) is 4. The molecule has 0 aromatic heterocycles. The van der Waals surface area contributed by atoms with Gasteiger partial charge < -0.3 is 20.8 Å². The number of carboxylic acids is 1. The molecule has 1 saturated heterocycles. The molecule has 1 aliphatic heterocycles. The normalized spacial score (nSPS) is 18.9. The Kier molecular flexibility index (Phi) is 4.42. The fourth-order valence-electron chi connectivity index (χ4n) is 2.15. The highest BCUT2D eigenvalue weighted by Crippen LogP contribution is 2.12. The van der Waals surface area contributed by atoms with E-state index < -0.39 is 24.0 Å². The first-order valence-electron chi connectivity index (χ1n) is 6.56. The Bertz CT molecular complexity index is 555. The van der Waals surface area contributed by atoms with E-state index in [-0.39, 0.29) is 24.5 Å². The zero-order valence-electron chi connectivity index (χ0n) is 11.2. The molecule has 0 saturated carbocycles. The van der Waals surface area contributed by atoms with Crippen LogP contribution in [-0.4, -0.2) is 40.1 Å². The zero-order chi connectivity index (χ0) is 15.4. The van der Waals surface area contributed by atoms with Crippen molar-refractivity contribution in [2.75, 3.05) is 0 Å². The molecule has 0 unspecified atom stereocenters. The van der Waals surface area contributed by atoms with Gasteiger partial charge in [-0.3, -0.25) is 9.59 Å². The van der Waals surface area contributed by atoms with Gasteiger partial charge in [-0.05, 0) is 24.1 Å². The van der Waals surface area contributed by atoms with Gasteiger partial charge in [-0.1, -0.05) is 12.1 Å². The van der Waals surface area contributed by atoms with Crippen molar-refractivity contribution in [1.29, 1.82) is 0 Å². The van der Waals surface area contributed by atoms with Gasteiger partial charge in [-0.2, -0.15) is 0 Å². The fraction of sp³-hybridized carbons (Fsp3) is 0.357. The van der Waals surface area contributed by atoms with Crippen LogP contribution in [0.3, 0.4) is 0 Å². The predicted octanol–water partition coefficient (Wildman–Crippen LogP) is -0.217. The lowest BCUT2D eigenvalue weighted by molar-refractivity contribution is -0.142. The molecule has 7 heteroatoms. The van der Waals surface area contributed by atoms with Crippen LogP contribution in [0.4, 0.5) is 0 Å². The second-order valence-corrected chi connectivity index (χ2v) is 4.93. The summed E-state index contributed by atoms with van der Waals surface area (Å²) in [4.78, 5) is 34.2. The highest BCUT2D eigenvalue weighted by molar-refractivity contribution is 5.92. The monoisotopic (exact) mass is 292 g/mol. The van der Waals surface area contributed by atoms with Crippen LogP contribution in [0.15, 0.2) is 24.3 Å². The molecule has 1 aromatic carbocycles. The third-order valence-electron chi connectivity index (χ3n) is 3.30. The van der Waals surface area contributed by atoms with Gasteiger partial charge in [0, 0.05) is 12.8 Å². The quantitative estimate of drug-likeness (QED) is 0.599. The molecule has 2 rings (SSSR count). The highest BCUT2D eigenvalue weighted by atomic mass is 16.4. The number of aliphatic carboxylic acids is 1. The van der Waals surface area contributed by atoms with Crippen LogP contribution in [0.2, 0.25) is 0 Å². The predicted molar refractivity (Wildman–Crippen MR) is 72.5 cm³/mol. The van der Waals surface area contributed by atoms with E-state index in [2.05, 4.69) is 10.6 Å². The maximum atomic E-state index is 11.9. The Hall–Kier alpha value is -2.57. The van der Waals surface area contributed by atoms with Crippen LogP contribution in [0.25, 0.3) is 0 Å². The number of phenolic OH excluding ortho intramolecular Hbond substituents is 1. The third kappa shape index (κ3) is 3.95. The topological polar surface area (TPSA) is 116 Å². The number of rotatable bonds is 5. The van der Waals surface area contributed by atoms with Gasteiger partial charge >= 0.3 is 5.97 Å². The van der Waals surface area contributed by atoms with E-state index in [0.717, 1.165) is 0 Å². The van der Waals surface area contributed by atoms with E-state index in [0.29, 0.717) is 12.0 Å². The number of nitrogens with one attached hydrogen (secondary N) is 2. The molecule has 2 atom stereocenters. The Morgan fingerprint density at radius 1 is 1.33 bits per heavy atom. The van der Waals surface area contributed by atoms with Gasteiger partial charge in [0.1, 0.15) is 17.8 Å². The van der Waals surface area contributed by atoms with Crippen molar-refractivity contribution >= 4 is 17.8 Å². The zero-order valence-corrected chi connectivity index (χ0v) is 11.2. The number of aromatic hydroxyl groups is 1. The second kappa shape index (κ2) is 6.25. The number of carbonyl (C=O) groups is 3. The Morgan fingerprint density at radius 3 is 2.52 bits per heavy atom. The molecule has 21 heavy (non-hydrogen) atoms. The van der Waals surface area contributed by atoms with E-state index >= 15 is 0 Å². The average molecular weight is 292 g/mol. The molecule has 112 valence electrons. The van der Waals surface area contributed by atoms with Gasteiger partial charge in [0.25, 0.3) is 0 Å². The maximum Gasteiger partial charge on any atom is 0.326 e. The molecule has 0 aliphatic carbocycles. The van der Waals surface area contributed by atoms with Crippen LogP contribution < -0.4 is 10.6 Å². The number of hydrogen-bond donors (Lipinski definition) is 4. The fourth-order valence-corrected chi connectivity index (χ4v) is 2.15. The Morgan fingerprint density at radius 2 is 2.00 bits per heavy atom. The third-order valence-corrected chi connectivity index (χ3v) is 3.30. The number of carbonyl (C=O) groups excluding carboxylic acids is 2. The summed E-state index contributed by atoms with van der Waals surface area (Å²) in [5.74, 6) is -1.77. The van der Waals surface area contributed by atoms with Crippen LogP contribution in [0, 0.1) is 0 Å². The van der Waals surface area contributed by atoms with Gasteiger partial charge in [0.05, 0.1) is 0 Å². The maximum absolute atomic E-state index is 11.9. The van der Waals surface area contributed by atoms with Gasteiger partial charge in [-0.25, -0.2) is 4.79 Å². The molecule has 1 aliphatic rings. The molecule has 0 spiro atoms. The van der Waals surface area contributed by atoms with Crippen molar-refractivity contribution in [2.24, 2.45) is 0 Å². The lowest BCUT2D eigenvalue weighted by atomic mass is 10.1. The Balaban J connectivity index is 1.99. The van der Waals surface area contributed by atoms with E-state index in [1.165, 1.54) is 12.1 Å². The number of benzene rings is 1. The minimum absolute atomic E-state index is 0.0864. The van der Waals surface area contributed by atoms with E-state index in [4.69, 9.17) is 0 Å². The summed E-state index contributed by atoms with van der Waals surface area (Å²) in [6.45, 7) is 0. The first-order valence-corrected chi connectivity index (χ1v) is 6.56. The minimum Gasteiger partial charge on any atom is -0.508 e. The minimum atomic E-state index is -1.15. The van der Waals surface area contributed by atoms with Crippen LogP contribution >= 0.6 is 0 Å². The van der Waals surface area contributed by atoms with E-state index in [9.17, 15) is 24.6 Å². The molecule has 1 heterocycles. The highest BCUT2D eigenvalue weighted by Gasteiger charge is 2.30. The number of carboxylic acid groups (broad SMARTS) is 1. The molecule has 0 radical (unpaired) electrons. The van der Waals surface area contributed by atoms with Crippen LogP contribution in [-0.2, 0) is 20.8 Å². The average Bonchev–Trinajstić information content (AvgIpc) is 2.87. The SMILES string of the molecule is O=C1CC[C@@H](C(=O)N[C@H](Cc2ccc(O)cc2)C(=O)O)N1. The number of phenols is 1. The molecular weight excluding hydrogens is 276 g/mol. The van der Waals surface area contributed by atoms with Crippen molar-refractivity contribution < 1.29 is 24.6 Å². The largest absolute Gasteiger partial charge is 0.508 e. The lowest BCUT2D eigenvalue weighted by Gasteiger charge is -2.17. The van der Waals surface area contributed by atoms with Crippen molar-refractivity contribution in [3.63, 3.8) is 0 Å². The van der Waals surface area contributed by atoms with Crippen LogP contribution in [0.1, 0.15) is 18.4 Å². The molecule has 7 nitrogen and oxygen atoms in total. The van der Waals surface area contributed by atoms with Gasteiger partial charge in [-0.15, -0.1) is 0 Å².